The maximum Gasteiger partial charge on any atom is 0.0949 e. The summed E-state index contributed by atoms with van der Waals surface area (Å²) >= 11 is 0. The third-order valence-electron chi connectivity index (χ3n) is 10.7. The highest BCUT2D eigenvalue weighted by molar-refractivity contribution is 6.27. The van der Waals surface area contributed by atoms with Gasteiger partial charge in [0.05, 0.1) is 19.3 Å². The summed E-state index contributed by atoms with van der Waals surface area (Å²) in [5.74, 6) is 0. The van der Waals surface area contributed by atoms with Crippen molar-refractivity contribution in [2.75, 3.05) is 18.1 Å². The van der Waals surface area contributed by atoms with Gasteiger partial charge >= 0.3 is 0 Å². The Labute approximate surface area is 288 Å². The number of fused-ring (bicyclic) bond motifs is 14. The molecule has 1 unspecified atom stereocenters. The number of nitrogens with zero attached hydrogens (tertiary/aromatic N) is 1. The standard InChI is InChI=1S/C47H33NO2/c49-28-33(50)27-48(44-13-5-9-31-17-21-40-38-19-15-29-7-1-3-11-34(29)36(38)23-25-42(40)46(31)44)45-14-6-10-32-18-22-41-39-20-16-30-8-2-4-12-35(30)37(39)24-26-43(41)47(32)45/h1-26,33,49-50H,27-28H2. The number of hydrogen-bond acceptors (Lipinski definition) is 3. The molecule has 10 rings (SSSR count). The molecule has 0 fully saturated rings. The molecular formula is C47H33NO2. The van der Waals surface area contributed by atoms with Gasteiger partial charge in [0.2, 0.25) is 0 Å². The summed E-state index contributed by atoms with van der Waals surface area (Å²) < 4.78 is 0. The van der Waals surface area contributed by atoms with E-state index in [1.54, 1.807) is 0 Å². The normalized spacial score (nSPS) is 12.7. The van der Waals surface area contributed by atoms with Gasteiger partial charge in [-0.2, -0.15) is 0 Å². The molecule has 3 heteroatoms. The van der Waals surface area contributed by atoms with Crippen molar-refractivity contribution in [3.8, 4) is 0 Å². The molecular weight excluding hydrogens is 611 g/mol. The van der Waals surface area contributed by atoms with Gasteiger partial charge in [-0.25, -0.2) is 0 Å². The first-order valence-electron chi connectivity index (χ1n) is 17.3. The van der Waals surface area contributed by atoms with E-state index >= 15 is 0 Å². The molecule has 238 valence electrons. The molecule has 0 heterocycles. The third-order valence-corrected chi connectivity index (χ3v) is 10.7. The highest BCUT2D eigenvalue weighted by atomic mass is 16.3. The topological polar surface area (TPSA) is 43.7 Å². The Bertz CT molecular complexity index is 2780. The van der Waals surface area contributed by atoms with Gasteiger partial charge in [-0.3, -0.25) is 0 Å². The third kappa shape index (κ3) is 4.31. The zero-order valence-corrected chi connectivity index (χ0v) is 27.3. The predicted molar refractivity (Wildman–Crippen MR) is 213 cm³/mol. The maximum absolute atomic E-state index is 11.1. The smallest absolute Gasteiger partial charge is 0.0949 e. The first kappa shape index (κ1) is 29.0. The number of aliphatic hydroxyl groups is 2. The van der Waals surface area contributed by atoms with Gasteiger partial charge in [0.25, 0.3) is 0 Å². The molecule has 0 aromatic heterocycles. The van der Waals surface area contributed by atoms with Gasteiger partial charge < -0.3 is 15.1 Å². The van der Waals surface area contributed by atoms with E-state index in [0.717, 1.165) is 43.7 Å². The molecule has 0 saturated carbocycles. The molecule has 0 radical (unpaired) electrons. The fourth-order valence-electron chi connectivity index (χ4n) is 8.39. The fraction of sp³-hybridized carbons (Fsp3) is 0.0638. The van der Waals surface area contributed by atoms with Crippen LogP contribution in [0.5, 0.6) is 0 Å². The van der Waals surface area contributed by atoms with Gasteiger partial charge in [-0.15, -0.1) is 0 Å². The van der Waals surface area contributed by atoms with Crippen LogP contribution in [0.2, 0.25) is 0 Å². The minimum absolute atomic E-state index is 0.234. The molecule has 1 atom stereocenters. The highest BCUT2D eigenvalue weighted by Crippen LogP contribution is 2.44. The minimum atomic E-state index is -0.940. The number of aliphatic hydroxyl groups excluding tert-OH is 2. The lowest BCUT2D eigenvalue weighted by molar-refractivity contribution is 0.102. The largest absolute Gasteiger partial charge is 0.394 e. The summed E-state index contributed by atoms with van der Waals surface area (Å²) in [6.07, 6.45) is -0.940. The zero-order chi connectivity index (χ0) is 33.3. The molecule has 0 spiro atoms. The monoisotopic (exact) mass is 643 g/mol. The van der Waals surface area contributed by atoms with Crippen LogP contribution < -0.4 is 4.90 Å². The molecule has 50 heavy (non-hydrogen) atoms. The number of rotatable bonds is 5. The minimum Gasteiger partial charge on any atom is -0.394 e. The van der Waals surface area contributed by atoms with E-state index in [2.05, 4.69) is 163 Å². The Morgan fingerprint density at radius 2 is 0.720 bits per heavy atom. The fourth-order valence-corrected chi connectivity index (χ4v) is 8.39. The molecule has 0 saturated heterocycles. The first-order chi connectivity index (χ1) is 24.7. The average Bonchev–Trinajstić information content (AvgIpc) is 3.18. The van der Waals surface area contributed by atoms with Crippen molar-refractivity contribution >= 4 is 97.6 Å². The summed E-state index contributed by atoms with van der Waals surface area (Å²) in [5, 5.41) is 40.4. The van der Waals surface area contributed by atoms with Crippen LogP contribution >= 0.6 is 0 Å². The van der Waals surface area contributed by atoms with Gasteiger partial charge in [-0.05, 0) is 87.5 Å². The van der Waals surface area contributed by atoms with E-state index in [1.165, 1.54) is 53.9 Å². The van der Waals surface area contributed by atoms with Crippen molar-refractivity contribution in [2.24, 2.45) is 0 Å². The second-order valence-corrected chi connectivity index (χ2v) is 13.4. The van der Waals surface area contributed by atoms with Crippen LogP contribution in [0.1, 0.15) is 0 Å². The van der Waals surface area contributed by atoms with E-state index in [1.807, 2.05) is 0 Å². The van der Waals surface area contributed by atoms with Crippen LogP contribution in [0.4, 0.5) is 11.4 Å². The number of hydrogen-bond donors (Lipinski definition) is 2. The van der Waals surface area contributed by atoms with Crippen LogP contribution in [-0.2, 0) is 0 Å². The summed E-state index contributed by atoms with van der Waals surface area (Å²) in [6.45, 7) is -0.0963. The predicted octanol–water partition coefficient (Wildman–Crippen LogP) is 11.4. The van der Waals surface area contributed by atoms with Crippen LogP contribution in [0.25, 0.3) is 86.2 Å². The molecule has 0 aliphatic rings. The van der Waals surface area contributed by atoms with Crippen molar-refractivity contribution in [1.82, 2.24) is 0 Å². The van der Waals surface area contributed by atoms with Gasteiger partial charge in [0, 0.05) is 22.1 Å². The second-order valence-electron chi connectivity index (χ2n) is 13.4. The van der Waals surface area contributed by atoms with Crippen molar-refractivity contribution < 1.29 is 10.2 Å². The van der Waals surface area contributed by atoms with E-state index in [9.17, 15) is 10.2 Å². The van der Waals surface area contributed by atoms with Crippen molar-refractivity contribution in [3.05, 3.63) is 158 Å². The molecule has 10 aromatic carbocycles. The van der Waals surface area contributed by atoms with Crippen LogP contribution in [0, 0.1) is 0 Å². The van der Waals surface area contributed by atoms with E-state index in [-0.39, 0.29) is 13.2 Å². The van der Waals surface area contributed by atoms with Crippen LogP contribution in [-0.4, -0.2) is 29.5 Å². The Balaban J connectivity index is 1.27. The number of benzene rings is 10. The lowest BCUT2D eigenvalue weighted by Crippen LogP contribution is -2.31. The lowest BCUT2D eigenvalue weighted by atomic mass is 9.92. The molecule has 0 amide bonds. The second kappa shape index (κ2) is 11.3. The Morgan fingerprint density at radius 1 is 0.360 bits per heavy atom. The summed E-state index contributed by atoms with van der Waals surface area (Å²) in [4.78, 5) is 2.22. The van der Waals surface area contributed by atoms with Gasteiger partial charge in [0.15, 0.2) is 0 Å². The van der Waals surface area contributed by atoms with Gasteiger partial charge in [-0.1, -0.05) is 146 Å². The highest BCUT2D eigenvalue weighted by Gasteiger charge is 2.22. The Kier molecular flexibility index (Phi) is 6.53. The summed E-state index contributed by atoms with van der Waals surface area (Å²) in [6, 6.07) is 56.8. The van der Waals surface area contributed by atoms with Crippen molar-refractivity contribution in [2.45, 2.75) is 6.10 Å². The van der Waals surface area contributed by atoms with E-state index < -0.39 is 6.10 Å². The van der Waals surface area contributed by atoms with E-state index in [4.69, 9.17) is 0 Å². The van der Waals surface area contributed by atoms with Crippen molar-refractivity contribution in [1.29, 1.82) is 0 Å². The Morgan fingerprint density at radius 3 is 1.20 bits per heavy atom. The molecule has 2 N–H and O–H groups in total. The maximum atomic E-state index is 11.1. The van der Waals surface area contributed by atoms with Crippen LogP contribution in [0.3, 0.4) is 0 Å². The molecule has 0 bridgehead atoms. The molecule has 10 aromatic rings. The molecule has 0 aliphatic heterocycles. The molecule has 0 aliphatic carbocycles. The molecule has 3 nitrogen and oxygen atoms in total. The van der Waals surface area contributed by atoms with Crippen molar-refractivity contribution in [3.63, 3.8) is 0 Å². The summed E-state index contributed by atoms with van der Waals surface area (Å²) in [5.41, 5.74) is 1.99. The first-order valence-corrected chi connectivity index (χ1v) is 17.3. The quantitative estimate of drug-likeness (QED) is 0.183. The summed E-state index contributed by atoms with van der Waals surface area (Å²) in [7, 11) is 0. The SMILES string of the molecule is OCC(O)CN(c1cccc2ccc3c4ccc5ccccc5c4ccc3c12)c1cccc2ccc3c4ccc5ccccc5c4ccc3c12. The van der Waals surface area contributed by atoms with Gasteiger partial charge in [0.1, 0.15) is 0 Å². The Hall–Kier alpha value is -6.00. The average molecular weight is 644 g/mol. The number of anilines is 2. The lowest BCUT2D eigenvalue weighted by Gasteiger charge is -2.30. The van der Waals surface area contributed by atoms with E-state index in [0.29, 0.717) is 0 Å². The van der Waals surface area contributed by atoms with Crippen LogP contribution in [0.15, 0.2) is 158 Å². The zero-order valence-electron chi connectivity index (χ0n) is 27.3.